The second-order valence-electron chi connectivity index (χ2n) is 4.85. The summed E-state index contributed by atoms with van der Waals surface area (Å²) >= 11 is 0. The van der Waals surface area contributed by atoms with E-state index >= 15 is 0 Å². The quantitative estimate of drug-likeness (QED) is 0.911. The Kier molecular flexibility index (Phi) is 3.87. The van der Waals surface area contributed by atoms with Crippen LogP contribution in [0.4, 0.5) is 0 Å². The molecule has 0 spiro atoms. The number of aromatic nitrogens is 1. The average Bonchev–Trinajstić information content (AvgIpc) is 3.17. The van der Waals surface area contributed by atoms with Gasteiger partial charge in [0.15, 0.2) is 11.5 Å². The van der Waals surface area contributed by atoms with Crippen LogP contribution in [0, 0.1) is 0 Å². The summed E-state index contributed by atoms with van der Waals surface area (Å²) in [7, 11) is 0. The van der Waals surface area contributed by atoms with Gasteiger partial charge in [0.2, 0.25) is 0 Å². The van der Waals surface area contributed by atoms with Crippen molar-refractivity contribution in [1.29, 1.82) is 0 Å². The van der Waals surface area contributed by atoms with Gasteiger partial charge in [-0.1, -0.05) is 5.16 Å². The van der Waals surface area contributed by atoms with Crippen molar-refractivity contribution < 1.29 is 23.9 Å². The summed E-state index contributed by atoms with van der Waals surface area (Å²) < 4.78 is 16.1. The molecule has 1 fully saturated rings. The fourth-order valence-corrected chi connectivity index (χ4v) is 2.19. The molecule has 1 atom stereocenters. The standard InChI is InChI=1S/C15H15NO5/c17-15(18)13-8-14(21-16-13)10-3-5-11(6-4-10)20-9-12-2-1-7-19-12/h3-6,8,12H,1-2,7,9H2,(H,17,18). The molecular formula is C15H15NO5. The molecule has 1 aliphatic heterocycles. The van der Waals surface area contributed by atoms with Crippen molar-refractivity contribution in [1.82, 2.24) is 5.16 Å². The molecule has 1 aromatic heterocycles. The first kappa shape index (κ1) is 13.6. The maximum Gasteiger partial charge on any atom is 0.358 e. The Labute approximate surface area is 121 Å². The van der Waals surface area contributed by atoms with Gasteiger partial charge in [0.1, 0.15) is 12.4 Å². The summed E-state index contributed by atoms with van der Waals surface area (Å²) in [5.74, 6) is 0.0480. The number of ether oxygens (including phenoxy) is 2. The third-order valence-corrected chi connectivity index (χ3v) is 3.33. The predicted molar refractivity (Wildman–Crippen MR) is 73.4 cm³/mol. The minimum Gasteiger partial charge on any atom is -0.491 e. The van der Waals surface area contributed by atoms with E-state index in [2.05, 4.69) is 5.16 Å². The lowest BCUT2D eigenvalue weighted by Gasteiger charge is -2.11. The summed E-state index contributed by atoms with van der Waals surface area (Å²) in [6, 6.07) is 8.62. The molecule has 6 nitrogen and oxygen atoms in total. The van der Waals surface area contributed by atoms with Gasteiger partial charge in [-0.05, 0) is 37.1 Å². The molecule has 0 amide bonds. The molecule has 6 heteroatoms. The molecule has 3 rings (SSSR count). The molecule has 1 saturated heterocycles. The zero-order chi connectivity index (χ0) is 14.7. The van der Waals surface area contributed by atoms with Crippen molar-refractivity contribution in [2.45, 2.75) is 18.9 Å². The van der Waals surface area contributed by atoms with Crippen molar-refractivity contribution in [3.8, 4) is 17.1 Å². The van der Waals surface area contributed by atoms with E-state index in [1.807, 2.05) is 12.1 Å². The first-order valence-electron chi connectivity index (χ1n) is 6.77. The van der Waals surface area contributed by atoms with E-state index in [4.69, 9.17) is 19.1 Å². The second-order valence-corrected chi connectivity index (χ2v) is 4.85. The topological polar surface area (TPSA) is 81.8 Å². The molecule has 0 aliphatic carbocycles. The largest absolute Gasteiger partial charge is 0.491 e. The van der Waals surface area contributed by atoms with Crippen LogP contribution < -0.4 is 4.74 Å². The SMILES string of the molecule is O=C(O)c1cc(-c2ccc(OCC3CCCO3)cc2)on1. The number of rotatable bonds is 5. The Morgan fingerprint density at radius 3 is 2.81 bits per heavy atom. The molecule has 2 aromatic rings. The van der Waals surface area contributed by atoms with Crippen LogP contribution >= 0.6 is 0 Å². The van der Waals surface area contributed by atoms with E-state index in [1.54, 1.807) is 12.1 Å². The number of hydrogen-bond acceptors (Lipinski definition) is 5. The number of nitrogens with zero attached hydrogens (tertiary/aromatic N) is 1. The molecule has 1 aliphatic rings. The lowest BCUT2D eigenvalue weighted by molar-refractivity contribution is 0.0679. The van der Waals surface area contributed by atoms with Gasteiger partial charge in [-0.3, -0.25) is 0 Å². The van der Waals surface area contributed by atoms with E-state index in [0.717, 1.165) is 30.8 Å². The molecule has 1 N–H and O–H groups in total. The van der Waals surface area contributed by atoms with Crippen LogP contribution in [0.1, 0.15) is 23.3 Å². The van der Waals surface area contributed by atoms with Crippen molar-refractivity contribution >= 4 is 5.97 Å². The Bertz CT molecular complexity index is 613. The molecular weight excluding hydrogens is 274 g/mol. The summed E-state index contributed by atoms with van der Waals surface area (Å²) in [6.07, 6.45) is 2.30. The highest BCUT2D eigenvalue weighted by Crippen LogP contribution is 2.24. The van der Waals surface area contributed by atoms with Gasteiger partial charge in [0.05, 0.1) is 6.10 Å². The smallest absolute Gasteiger partial charge is 0.358 e. The van der Waals surface area contributed by atoms with Gasteiger partial charge in [-0.25, -0.2) is 4.79 Å². The number of carboxylic acids is 1. The van der Waals surface area contributed by atoms with Gasteiger partial charge < -0.3 is 19.1 Å². The van der Waals surface area contributed by atoms with E-state index in [9.17, 15) is 4.79 Å². The zero-order valence-electron chi connectivity index (χ0n) is 11.3. The summed E-state index contributed by atoms with van der Waals surface area (Å²) in [5.41, 5.74) is 0.642. The van der Waals surface area contributed by atoms with Gasteiger partial charge in [-0.2, -0.15) is 0 Å². The van der Waals surface area contributed by atoms with E-state index < -0.39 is 5.97 Å². The second kappa shape index (κ2) is 5.97. The average molecular weight is 289 g/mol. The van der Waals surface area contributed by atoms with Crippen LogP contribution in [0.3, 0.4) is 0 Å². The van der Waals surface area contributed by atoms with Gasteiger partial charge in [0, 0.05) is 18.2 Å². The normalized spacial score (nSPS) is 17.8. The molecule has 0 saturated carbocycles. The first-order chi connectivity index (χ1) is 10.2. The molecule has 0 radical (unpaired) electrons. The van der Waals surface area contributed by atoms with Crippen molar-refractivity contribution in [2.24, 2.45) is 0 Å². The number of carboxylic acid groups (broad SMARTS) is 1. The molecule has 110 valence electrons. The van der Waals surface area contributed by atoms with Crippen LogP contribution in [0.25, 0.3) is 11.3 Å². The minimum atomic E-state index is -1.11. The molecule has 21 heavy (non-hydrogen) atoms. The molecule has 1 aromatic carbocycles. The Morgan fingerprint density at radius 2 is 2.19 bits per heavy atom. The van der Waals surface area contributed by atoms with Crippen LogP contribution in [0.15, 0.2) is 34.9 Å². The fourth-order valence-electron chi connectivity index (χ4n) is 2.19. The Balaban J connectivity index is 1.63. The highest BCUT2D eigenvalue weighted by molar-refractivity contribution is 5.86. The summed E-state index contributed by atoms with van der Waals surface area (Å²) in [6.45, 7) is 1.36. The third-order valence-electron chi connectivity index (χ3n) is 3.33. The number of aromatic carboxylic acids is 1. The van der Waals surface area contributed by atoms with Gasteiger partial charge in [-0.15, -0.1) is 0 Å². The Morgan fingerprint density at radius 1 is 1.38 bits per heavy atom. The van der Waals surface area contributed by atoms with Crippen molar-refractivity contribution in [3.63, 3.8) is 0 Å². The first-order valence-corrected chi connectivity index (χ1v) is 6.77. The fraction of sp³-hybridized carbons (Fsp3) is 0.333. The van der Waals surface area contributed by atoms with E-state index in [-0.39, 0.29) is 11.8 Å². The van der Waals surface area contributed by atoms with Crippen LogP contribution in [0.5, 0.6) is 5.75 Å². The Hall–Kier alpha value is -2.34. The minimum absolute atomic E-state index is 0.108. The lowest BCUT2D eigenvalue weighted by atomic mass is 10.1. The van der Waals surface area contributed by atoms with Crippen molar-refractivity contribution in [3.05, 3.63) is 36.0 Å². The number of benzene rings is 1. The highest BCUT2D eigenvalue weighted by Gasteiger charge is 2.16. The van der Waals surface area contributed by atoms with Gasteiger partial charge in [0.25, 0.3) is 0 Å². The van der Waals surface area contributed by atoms with Crippen LogP contribution in [0.2, 0.25) is 0 Å². The molecule has 2 heterocycles. The van der Waals surface area contributed by atoms with E-state index in [1.165, 1.54) is 6.07 Å². The monoisotopic (exact) mass is 289 g/mol. The lowest BCUT2D eigenvalue weighted by Crippen LogP contribution is -2.16. The summed E-state index contributed by atoms with van der Waals surface area (Å²) in [4.78, 5) is 10.8. The maximum absolute atomic E-state index is 10.8. The van der Waals surface area contributed by atoms with Crippen LogP contribution in [-0.4, -0.2) is 35.6 Å². The third kappa shape index (κ3) is 3.22. The molecule has 1 unspecified atom stereocenters. The zero-order valence-corrected chi connectivity index (χ0v) is 11.3. The number of carbonyl (C=O) groups is 1. The number of hydrogen-bond donors (Lipinski definition) is 1. The van der Waals surface area contributed by atoms with E-state index in [0.29, 0.717) is 12.4 Å². The van der Waals surface area contributed by atoms with Crippen LogP contribution in [-0.2, 0) is 4.74 Å². The summed E-state index contributed by atoms with van der Waals surface area (Å²) in [5, 5.41) is 12.3. The predicted octanol–water partition coefficient (Wildman–Crippen LogP) is 2.60. The maximum atomic E-state index is 10.8. The van der Waals surface area contributed by atoms with Gasteiger partial charge >= 0.3 is 5.97 Å². The van der Waals surface area contributed by atoms with Crippen molar-refractivity contribution in [2.75, 3.05) is 13.2 Å². The molecule has 0 bridgehead atoms. The highest BCUT2D eigenvalue weighted by atomic mass is 16.5.